The lowest BCUT2D eigenvalue weighted by atomic mass is 10.2. The minimum Gasteiger partial charge on any atom is -0.358 e. The molecule has 1 aromatic heterocycles. The van der Waals surface area contributed by atoms with Gasteiger partial charge in [-0.25, -0.2) is 4.68 Å². The van der Waals surface area contributed by atoms with Crippen molar-refractivity contribution in [3.63, 3.8) is 0 Å². The molecule has 1 aliphatic rings. The molecule has 1 saturated carbocycles. The molecule has 0 aliphatic heterocycles. The summed E-state index contributed by atoms with van der Waals surface area (Å²) in [5.41, 5.74) is 0. The first-order valence-electron chi connectivity index (χ1n) is 5.86. The Morgan fingerprint density at radius 1 is 1.53 bits per heavy atom. The van der Waals surface area contributed by atoms with Gasteiger partial charge in [-0.05, 0) is 23.3 Å². The predicted molar refractivity (Wildman–Crippen MR) is 65.6 cm³/mol. The quantitative estimate of drug-likeness (QED) is 0.841. The first-order valence-corrected chi connectivity index (χ1v) is 7.02. The maximum Gasteiger partial charge on any atom is 0.229 e. The third-order valence-electron chi connectivity index (χ3n) is 2.97. The molecule has 1 amide bonds. The fourth-order valence-electron chi connectivity index (χ4n) is 2.05. The van der Waals surface area contributed by atoms with Crippen molar-refractivity contribution in [3.8, 4) is 0 Å². The van der Waals surface area contributed by atoms with E-state index in [1.54, 1.807) is 18.8 Å². The zero-order valence-electron chi connectivity index (χ0n) is 9.93. The van der Waals surface area contributed by atoms with Gasteiger partial charge in [0.25, 0.3) is 0 Å². The molecule has 7 heteroatoms. The number of rotatable bonds is 5. The van der Waals surface area contributed by atoms with E-state index in [0.29, 0.717) is 17.5 Å². The molecule has 0 bridgehead atoms. The Labute approximate surface area is 105 Å². The molecule has 1 fully saturated rings. The van der Waals surface area contributed by atoms with Crippen LogP contribution in [0.2, 0.25) is 0 Å². The van der Waals surface area contributed by atoms with Crippen molar-refractivity contribution < 1.29 is 4.79 Å². The molecule has 1 heterocycles. The Morgan fingerprint density at radius 2 is 2.29 bits per heavy atom. The van der Waals surface area contributed by atoms with Crippen LogP contribution in [0.5, 0.6) is 0 Å². The lowest BCUT2D eigenvalue weighted by Gasteiger charge is -2.10. The number of nitrogens with one attached hydrogen (secondary N) is 1. The van der Waals surface area contributed by atoms with Gasteiger partial charge in [-0.3, -0.25) is 4.79 Å². The average molecular weight is 255 g/mol. The van der Waals surface area contributed by atoms with Gasteiger partial charge in [0, 0.05) is 7.05 Å². The largest absolute Gasteiger partial charge is 0.358 e. The van der Waals surface area contributed by atoms with E-state index >= 15 is 0 Å². The van der Waals surface area contributed by atoms with Crippen molar-refractivity contribution >= 4 is 17.7 Å². The van der Waals surface area contributed by atoms with Gasteiger partial charge in [0.1, 0.15) is 0 Å². The second-order valence-corrected chi connectivity index (χ2v) is 5.13. The summed E-state index contributed by atoms with van der Waals surface area (Å²) in [5.74, 6) is 2.06. The van der Waals surface area contributed by atoms with Crippen LogP contribution in [0, 0.1) is 0 Å². The number of hydrogen-bond acceptors (Lipinski definition) is 5. The van der Waals surface area contributed by atoms with Crippen LogP contribution in [0.3, 0.4) is 0 Å². The van der Waals surface area contributed by atoms with E-state index in [1.165, 1.54) is 12.8 Å². The van der Waals surface area contributed by atoms with Gasteiger partial charge in [-0.15, -0.1) is 16.9 Å². The number of tetrazole rings is 1. The number of nitrogens with zero attached hydrogens (tertiary/aromatic N) is 4. The predicted octanol–water partition coefficient (Wildman–Crippen LogP) is 0.767. The van der Waals surface area contributed by atoms with Gasteiger partial charge >= 0.3 is 0 Å². The van der Waals surface area contributed by atoms with Crippen LogP contribution in [0.1, 0.15) is 37.5 Å². The van der Waals surface area contributed by atoms with Crippen LogP contribution in [0.25, 0.3) is 0 Å². The number of thioether (sulfide) groups is 1. The summed E-state index contributed by atoms with van der Waals surface area (Å²) in [6.07, 6.45) is 4.85. The number of amides is 1. The molecule has 0 unspecified atom stereocenters. The van der Waals surface area contributed by atoms with Crippen molar-refractivity contribution in [1.82, 2.24) is 25.5 Å². The number of aromatic nitrogens is 4. The van der Waals surface area contributed by atoms with E-state index in [-0.39, 0.29) is 5.91 Å². The monoisotopic (exact) mass is 255 g/mol. The maximum absolute atomic E-state index is 11.1. The fourth-order valence-corrected chi connectivity index (χ4v) is 2.85. The molecule has 1 N–H and O–H groups in total. The zero-order valence-corrected chi connectivity index (χ0v) is 10.7. The van der Waals surface area contributed by atoms with Gasteiger partial charge in [0.15, 0.2) is 5.82 Å². The molecule has 1 aromatic rings. The van der Waals surface area contributed by atoms with Crippen LogP contribution in [-0.4, -0.2) is 38.9 Å². The van der Waals surface area contributed by atoms with Crippen molar-refractivity contribution in [2.24, 2.45) is 0 Å². The minimum absolute atomic E-state index is 0.0369. The first kappa shape index (κ1) is 12.3. The van der Waals surface area contributed by atoms with Gasteiger partial charge < -0.3 is 5.32 Å². The van der Waals surface area contributed by atoms with E-state index in [4.69, 9.17) is 0 Å². The van der Waals surface area contributed by atoms with Crippen LogP contribution in [0.4, 0.5) is 0 Å². The van der Waals surface area contributed by atoms with E-state index < -0.39 is 0 Å². The van der Waals surface area contributed by atoms with Gasteiger partial charge in [-0.1, -0.05) is 12.8 Å². The highest BCUT2D eigenvalue weighted by Gasteiger charge is 2.21. The Balaban J connectivity index is 1.88. The standard InChI is InChI=1S/C10H17N5OS/c1-11-10(16)7-17-6-9-12-13-14-15(9)8-4-2-3-5-8/h8H,2-7H2,1H3,(H,11,16). The lowest BCUT2D eigenvalue weighted by Crippen LogP contribution is -2.20. The number of hydrogen-bond donors (Lipinski definition) is 1. The highest BCUT2D eigenvalue weighted by molar-refractivity contribution is 7.99. The molecule has 17 heavy (non-hydrogen) atoms. The Morgan fingerprint density at radius 3 is 3.00 bits per heavy atom. The molecule has 0 radical (unpaired) electrons. The summed E-state index contributed by atoms with van der Waals surface area (Å²) < 4.78 is 1.93. The average Bonchev–Trinajstić information content (AvgIpc) is 2.98. The zero-order chi connectivity index (χ0) is 12.1. The van der Waals surface area contributed by atoms with Gasteiger partial charge in [0.05, 0.1) is 17.5 Å². The van der Waals surface area contributed by atoms with E-state index in [9.17, 15) is 4.79 Å². The Hall–Kier alpha value is -1.11. The summed E-state index contributed by atoms with van der Waals surface area (Å²) in [7, 11) is 1.64. The Kier molecular flexibility index (Phi) is 4.36. The molecule has 0 spiro atoms. The fraction of sp³-hybridized carbons (Fsp3) is 0.800. The van der Waals surface area contributed by atoms with Crippen molar-refractivity contribution in [3.05, 3.63) is 5.82 Å². The second-order valence-electron chi connectivity index (χ2n) is 4.14. The van der Waals surface area contributed by atoms with Crippen molar-refractivity contribution in [2.45, 2.75) is 37.5 Å². The highest BCUT2D eigenvalue weighted by atomic mass is 32.2. The third kappa shape index (κ3) is 3.18. The van der Waals surface area contributed by atoms with Gasteiger partial charge in [-0.2, -0.15) is 0 Å². The smallest absolute Gasteiger partial charge is 0.229 e. The summed E-state index contributed by atoms with van der Waals surface area (Å²) in [6, 6.07) is 0.459. The second kappa shape index (κ2) is 6.00. The normalized spacial score (nSPS) is 16.3. The van der Waals surface area contributed by atoms with E-state index in [0.717, 1.165) is 18.7 Å². The molecule has 1 aliphatic carbocycles. The SMILES string of the molecule is CNC(=O)CSCc1nnnn1C1CCCC1. The van der Waals surface area contributed by atoms with E-state index in [1.807, 2.05) is 4.68 Å². The van der Waals surface area contributed by atoms with Crippen LogP contribution in [-0.2, 0) is 10.5 Å². The van der Waals surface area contributed by atoms with Crippen molar-refractivity contribution in [2.75, 3.05) is 12.8 Å². The molecular formula is C10H17N5OS. The van der Waals surface area contributed by atoms with Crippen molar-refractivity contribution in [1.29, 1.82) is 0 Å². The van der Waals surface area contributed by atoms with Crippen LogP contribution < -0.4 is 5.32 Å². The van der Waals surface area contributed by atoms with Gasteiger partial charge in [0.2, 0.25) is 5.91 Å². The maximum atomic E-state index is 11.1. The highest BCUT2D eigenvalue weighted by Crippen LogP contribution is 2.29. The minimum atomic E-state index is 0.0369. The summed E-state index contributed by atoms with van der Waals surface area (Å²) in [5, 5.41) is 14.4. The number of carbonyl (C=O) groups excluding carboxylic acids is 1. The molecule has 2 rings (SSSR count). The summed E-state index contributed by atoms with van der Waals surface area (Å²) >= 11 is 1.54. The third-order valence-corrected chi connectivity index (χ3v) is 3.90. The van der Waals surface area contributed by atoms with Crippen LogP contribution >= 0.6 is 11.8 Å². The molecule has 0 atom stereocenters. The molecule has 94 valence electrons. The Bertz CT molecular complexity index is 375. The van der Waals surface area contributed by atoms with Crippen LogP contribution in [0.15, 0.2) is 0 Å². The topological polar surface area (TPSA) is 72.7 Å². The molecule has 0 saturated heterocycles. The molecule has 0 aromatic carbocycles. The molecule has 6 nitrogen and oxygen atoms in total. The summed E-state index contributed by atoms with van der Waals surface area (Å²) in [4.78, 5) is 11.1. The lowest BCUT2D eigenvalue weighted by molar-refractivity contribution is -0.118. The number of carbonyl (C=O) groups is 1. The first-order chi connectivity index (χ1) is 8.31. The molecular weight excluding hydrogens is 238 g/mol. The summed E-state index contributed by atoms with van der Waals surface area (Å²) in [6.45, 7) is 0. The van der Waals surface area contributed by atoms with E-state index in [2.05, 4.69) is 20.8 Å².